The second kappa shape index (κ2) is 6.52. The summed E-state index contributed by atoms with van der Waals surface area (Å²) in [5.41, 5.74) is 6.69. The number of pyridine rings is 1. The summed E-state index contributed by atoms with van der Waals surface area (Å²) in [6, 6.07) is 3.70. The van der Waals surface area contributed by atoms with Crippen molar-refractivity contribution in [2.45, 2.75) is 25.8 Å². The molecule has 1 saturated carbocycles. The van der Waals surface area contributed by atoms with Gasteiger partial charge in [0.25, 0.3) is 0 Å². The molecule has 19 heavy (non-hydrogen) atoms. The number of methoxy groups -OCH3 is 1. The van der Waals surface area contributed by atoms with Gasteiger partial charge in [-0.3, -0.25) is 4.79 Å². The molecule has 0 bridgehead atoms. The van der Waals surface area contributed by atoms with Crippen LogP contribution in [-0.4, -0.2) is 24.5 Å². The van der Waals surface area contributed by atoms with Gasteiger partial charge in [-0.05, 0) is 36.9 Å². The van der Waals surface area contributed by atoms with Crippen LogP contribution in [0.15, 0.2) is 18.3 Å². The van der Waals surface area contributed by atoms with E-state index in [1.807, 2.05) is 12.1 Å². The lowest BCUT2D eigenvalue weighted by atomic mass is 9.95. The average molecular weight is 263 g/mol. The van der Waals surface area contributed by atoms with Gasteiger partial charge in [0.2, 0.25) is 11.8 Å². The van der Waals surface area contributed by atoms with Crippen molar-refractivity contribution in [3.05, 3.63) is 23.9 Å². The van der Waals surface area contributed by atoms with Crippen LogP contribution < -0.4 is 15.8 Å². The number of hydrogen-bond donors (Lipinski definition) is 2. The minimum Gasteiger partial charge on any atom is -0.481 e. The number of aromatic nitrogens is 1. The number of carbonyl (C=O) groups is 1. The maximum absolute atomic E-state index is 12.1. The Labute approximate surface area is 113 Å². The molecule has 2 unspecified atom stereocenters. The number of nitrogens with zero attached hydrogens (tertiary/aromatic N) is 1. The van der Waals surface area contributed by atoms with E-state index in [1.54, 1.807) is 13.3 Å². The SMILES string of the molecule is COc1cc(CNC(=O)C2CCCC2CN)ccn1. The van der Waals surface area contributed by atoms with E-state index in [2.05, 4.69) is 10.3 Å². The minimum atomic E-state index is 0.0775. The van der Waals surface area contributed by atoms with Crippen molar-refractivity contribution in [2.24, 2.45) is 17.6 Å². The van der Waals surface area contributed by atoms with E-state index in [9.17, 15) is 4.79 Å². The Kier molecular flexibility index (Phi) is 4.74. The van der Waals surface area contributed by atoms with E-state index in [0.29, 0.717) is 24.9 Å². The molecule has 1 aromatic heterocycles. The van der Waals surface area contributed by atoms with Crippen molar-refractivity contribution in [3.63, 3.8) is 0 Å². The summed E-state index contributed by atoms with van der Waals surface area (Å²) in [5.74, 6) is 1.09. The number of hydrogen-bond acceptors (Lipinski definition) is 4. The average Bonchev–Trinajstić information content (AvgIpc) is 2.93. The Morgan fingerprint density at radius 1 is 1.58 bits per heavy atom. The van der Waals surface area contributed by atoms with Gasteiger partial charge in [0.05, 0.1) is 7.11 Å². The molecule has 5 nitrogen and oxygen atoms in total. The number of carbonyl (C=O) groups excluding carboxylic acids is 1. The first-order chi connectivity index (χ1) is 9.24. The van der Waals surface area contributed by atoms with E-state index < -0.39 is 0 Å². The van der Waals surface area contributed by atoms with Crippen molar-refractivity contribution in [2.75, 3.05) is 13.7 Å². The van der Waals surface area contributed by atoms with Crippen LogP contribution in [-0.2, 0) is 11.3 Å². The molecule has 1 heterocycles. The molecular formula is C14H21N3O2. The van der Waals surface area contributed by atoms with Crippen LogP contribution in [0.25, 0.3) is 0 Å². The van der Waals surface area contributed by atoms with Gasteiger partial charge < -0.3 is 15.8 Å². The molecule has 1 fully saturated rings. The highest BCUT2D eigenvalue weighted by atomic mass is 16.5. The fourth-order valence-corrected chi connectivity index (χ4v) is 2.66. The molecule has 0 spiro atoms. The standard InChI is InChI=1S/C14H21N3O2/c1-19-13-7-10(5-6-16-13)9-17-14(18)12-4-2-3-11(12)8-15/h5-7,11-12H,2-4,8-9,15H2,1H3,(H,17,18). The van der Waals surface area contributed by atoms with E-state index in [0.717, 1.165) is 24.8 Å². The van der Waals surface area contributed by atoms with Crippen LogP contribution in [0.3, 0.4) is 0 Å². The summed E-state index contributed by atoms with van der Waals surface area (Å²) < 4.78 is 5.06. The van der Waals surface area contributed by atoms with Crippen molar-refractivity contribution in [3.8, 4) is 5.88 Å². The molecule has 0 aromatic carbocycles. The summed E-state index contributed by atoms with van der Waals surface area (Å²) in [7, 11) is 1.58. The minimum absolute atomic E-state index is 0.0775. The summed E-state index contributed by atoms with van der Waals surface area (Å²) in [6.07, 6.45) is 4.80. The molecule has 2 rings (SSSR count). The highest BCUT2D eigenvalue weighted by Gasteiger charge is 2.31. The third kappa shape index (κ3) is 3.44. The van der Waals surface area contributed by atoms with Crippen LogP contribution in [0.2, 0.25) is 0 Å². The Morgan fingerprint density at radius 2 is 2.42 bits per heavy atom. The predicted molar refractivity (Wildman–Crippen MR) is 72.5 cm³/mol. The Morgan fingerprint density at radius 3 is 3.16 bits per heavy atom. The lowest BCUT2D eigenvalue weighted by Gasteiger charge is -2.17. The third-order valence-corrected chi connectivity index (χ3v) is 3.77. The van der Waals surface area contributed by atoms with Gasteiger partial charge in [-0.15, -0.1) is 0 Å². The lowest BCUT2D eigenvalue weighted by molar-refractivity contribution is -0.126. The molecule has 1 aliphatic carbocycles. The molecule has 1 aromatic rings. The molecule has 0 radical (unpaired) electrons. The van der Waals surface area contributed by atoms with Gasteiger partial charge in [0.1, 0.15) is 0 Å². The van der Waals surface area contributed by atoms with E-state index in [-0.39, 0.29) is 11.8 Å². The van der Waals surface area contributed by atoms with Gasteiger partial charge >= 0.3 is 0 Å². The van der Waals surface area contributed by atoms with Crippen LogP contribution in [0, 0.1) is 11.8 Å². The zero-order chi connectivity index (χ0) is 13.7. The smallest absolute Gasteiger partial charge is 0.223 e. The molecule has 2 atom stereocenters. The first kappa shape index (κ1) is 13.8. The zero-order valence-electron chi connectivity index (χ0n) is 11.3. The quantitative estimate of drug-likeness (QED) is 0.833. The van der Waals surface area contributed by atoms with Crippen molar-refractivity contribution in [1.82, 2.24) is 10.3 Å². The maximum Gasteiger partial charge on any atom is 0.223 e. The predicted octanol–water partition coefficient (Wildman–Crippen LogP) is 1.08. The van der Waals surface area contributed by atoms with Crippen LogP contribution in [0.4, 0.5) is 0 Å². The largest absolute Gasteiger partial charge is 0.481 e. The maximum atomic E-state index is 12.1. The molecule has 5 heteroatoms. The Balaban J connectivity index is 1.89. The monoisotopic (exact) mass is 263 g/mol. The zero-order valence-corrected chi connectivity index (χ0v) is 11.3. The number of nitrogens with two attached hydrogens (primary N) is 1. The van der Waals surface area contributed by atoms with Crippen LogP contribution in [0.1, 0.15) is 24.8 Å². The molecular weight excluding hydrogens is 242 g/mol. The van der Waals surface area contributed by atoms with Crippen molar-refractivity contribution < 1.29 is 9.53 Å². The van der Waals surface area contributed by atoms with Gasteiger partial charge in [0, 0.05) is 24.7 Å². The number of ether oxygens (including phenoxy) is 1. The second-order valence-corrected chi connectivity index (χ2v) is 4.96. The van der Waals surface area contributed by atoms with E-state index >= 15 is 0 Å². The van der Waals surface area contributed by atoms with E-state index in [4.69, 9.17) is 10.5 Å². The Hall–Kier alpha value is -1.62. The van der Waals surface area contributed by atoms with Crippen molar-refractivity contribution >= 4 is 5.91 Å². The number of nitrogens with one attached hydrogen (secondary N) is 1. The first-order valence-corrected chi connectivity index (χ1v) is 6.71. The summed E-state index contributed by atoms with van der Waals surface area (Å²) in [4.78, 5) is 16.2. The second-order valence-electron chi connectivity index (χ2n) is 4.96. The summed E-state index contributed by atoms with van der Waals surface area (Å²) in [6.45, 7) is 1.10. The normalized spacial score (nSPS) is 22.2. The number of rotatable bonds is 5. The topological polar surface area (TPSA) is 77.2 Å². The molecule has 0 saturated heterocycles. The van der Waals surface area contributed by atoms with Gasteiger partial charge in [-0.25, -0.2) is 4.98 Å². The van der Waals surface area contributed by atoms with E-state index in [1.165, 1.54) is 0 Å². The third-order valence-electron chi connectivity index (χ3n) is 3.77. The molecule has 1 aliphatic rings. The molecule has 1 amide bonds. The fraction of sp³-hybridized carbons (Fsp3) is 0.571. The van der Waals surface area contributed by atoms with Crippen LogP contribution in [0.5, 0.6) is 5.88 Å². The number of amides is 1. The summed E-state index contributed by atoms with van der Waals surface area (Å²) in [5, 5.41) is 2.98. The van der Waals surface area contributed by atoms with Crippen molar-refractivity contribution in [1.29, 1.82) is 0 Å². The molecule has 3 N–H and O–H groups in total. The van der Waals surface area contributed by atoms with Crippen LogP contribution >= 0.6 is 0 Å². The molecule has 0 aliphatic heterocycles. The highest BCUT2D eigenvalue weighted by Crippen LogP contribution is 2.30. The fourth-order valence-electron chi connectivity index (χ4n) is 2.66. The molecule has 104 valence electrons. The van der Waals surface area contributed by atoms with Gasteiger partial charge in [-0.1, -0.05) is 6.42 Å². The van der Waals surface area contributed by atoms with Gasteiger partial charge in [0.15, 0.2) is 0 Å². The first-order valence-electron chi connectivity index (χ1n) is 6.71. The van der Waals surface area contributed by atoms with Gasteiger partial charge in [-0.2, -0.15) is 0 Å². The highest BCUT2D eigenvalue weighted by molar-refractivity contribution is 5.79. The summed E-state index contributed by atoms with van der Waals surface area (Å²) >= 11 is 0. The lowest BCUT2D eigenvalue weighted by Crippen LogP contribution is -2.34. The Bertz CT molecular complexity index is 436.